The van der Waals surface area contributed by atoms with Gasteiger partial charge in [0, 0.05) is 34.9 Å². The third kappa shape index (κ3) is 4.67. The maximum Gasteiger partial charge on any atom is 0.262 e. The van der Waals surface area contributed by atoms with Crippen LogP contribution in [0.3, 0.4) is 0 Å². The molecule has 3 aromatic carbocycles. The highest BCUT2D eigenvalue weighted by Crippen LogP contribution is 2.32. The Balaban J connectivity index is 0.00000300. The first-order valence-electron chi connectivity index (χ1n) is 7.95. The zero-order chi connectivity index (χ0) is 20.7. The summed E-state index contributed by atoms with van der Waals surface area (Å²) in [6, 6.07) is 13.4. The molecule has 0 saturated heterocycles. The molecule has 0 aliphatic rings. The monoisotopic (exact) mass is 474 g/mol. The fourth-order valence-corrected chi connectivity index (χ4v) is 5.58. The van der Waals surface area contributed by atoms with Crippen LogP contribution in [0, 0.1) is 0 Å². The van der Waals surface area contributed by atoms with Gasteiger partial charge >= 0.3 is 0 Å². The lowest BCUT2D eigenvalue weighted by Gasteiger charge is -2.16. The number of halogens is 2. The number of hydrogen-bond donors (Lipinski definition) is 1. The molecule has 0 radical (unpaired) electrons. The largest absolute Gasteiger partial charge is 0.279 e. The molecule has 0 saturated carbocycles. The third-order valence-corrected chi connectivity index (χ3v) is 7.69. The Morgan fingerprint density at radius 3 is 1.97 bits per heavy atom. The second-order valence-electron chi connectivity index (χ2n) is 6.15. The van der Waals surface area contributed by atoms with Crippen LogP contribution in [-0.2, 0) is 20.0 Å². The molecule has 0 spiro atoms. The molecule has 0 aliphatic heterocycles. The first-order chi connectivity index (χ1) is 13.0. The average molecular weight is 475 g/mol. The molecule has 0 heterocycles. The van der Waals surface area contributed by atoms with E-state index in [-0.39, 0.29) is 33.0 Å². The molecule has 0 aliphatic carbocycles. The van der Waals surface area contributed by atoms with E-state index in [4.69, 9.17) is 23.2 Å². The summed E-state index contributed by atoms with van der Waals surface area (Å²) in [5, 5.41) is 1.22. The van der Waals surface area contributed by atoms with E-state index in [0.29, 0.717) is 10.8 Å². The molecule has 0 atom stereocenters. The van der Waals surface area contributed by atoms with E-state index in [1.807, 2.05) is 0 Å². The summed E-state index contributed by atoms with van der Waals surface area (Å²) in [4.78, 5) is -0.0130. The van der Waals surface area contributed by atoms with Crippen molar-refractivity contribution in [1.29, 1.82) is 0 Å². The summed E-state index contributed by atoms with van der Waals surface area (Å²) >= 11 is 11.8. The standard InChI is InChI=1S/C18H16Cl2N2O4S2.CH4/c1-22(2)28(25,26)18-8-4-5-15-16(18)6-3-7-17(15)21-27(23,24)14-10-12(19)9-13(20)11-14;/h3-11,21H,1-2H3;1H4. The molecule has 3 aromatic rings. The predicted molar refractivity (Wildman–Crippen MR) is 119 cm³/mol. The second kappa shape index (κ2) is 8.49. The Hall–Kier alpha value is -1.84. The van der Waals surface area contributed by atoms with Gasteiger partial charge in [-0.15, -0.1) is 0 Å². The maximum absolute atomic E-state index is 12.8. The Kier molecular flexibility index (Phi) is 6.86. The van der Waals surface area contributed by atoms with Gasteiger partial charge in [-0.25, -0.2) is 21.1 Å². The van der Waals surface area contributed by atoms with Crippen molar-refractivity contribution in [3.05, 3.63) is 64.6 Å². The van der Waals surface area contributed by atoms with E-state index in [2.05, 4.69) is 4.72 Å². The van der Waals surface area contributed by atoms with Crippen LogP contribution in [0.15, 0.2) is 64.4 Å². The Bertz CT molecular complexity index is 1250. The summed E-state index contributed by atoms with van der Waals surface area (Å²) in [6.45, 7) is 0. The van der Waals surface area contributed by atoms with Crippen molar-refractivity contribution < 1.29 is 16.8 Å². The number of nitrogens with one attached hydrogen (secondary N) is 1. The van der Waals surface area contributed by atoms with E-state index in [1.165, 1.54) is 38.4 Å². The zero-order valence-corrected chi connectivity index (χ0v) is 18.0. The van der Waals surface area contributed by atoms with Crippen molar-refractivity contribution in [2.45, 2.75) is 17.2 Å². The molecule has 0 amide bonds. The van der Waals surface area contributed by atoms with Crippen molar-refractivity contribution >= 4 is 59.7 Å². The number of benzene rings is 3. The highest BCUT2D eigenvalue weighted by molar-refractivity contribution is 7.92. The molecule has 0 bridgehead atoms. The molecule has 156 valence electrons. The molecule has 0 unspecified atom stereocenters. The minimum Gasteiger partial charge on any atom is -0.279 e. The summed E-state index contributed by atoms with van der Waals surface area (Å²) in [7, 11) is -4.83. The van der Waals surface area contributed by atoms with Crippen LogP contribution in [0.1, 0.15) is 7.43 Å². The summed E-state index contributed by atoms with van der Waals surface area (Å²) in [5.74, 6) is 0. The van der Waals surface area contributed by atoms with Crippen molar-refractivity contribution in [3.63, 3.8) is 0 Å². The summed E-state index contributed by atoms with van der Waals surface area (Å²) < 4.78 is 54.4. The van der Waals surface area contributed by atoms with E-state index >= 15 is 0 Å². The highest BCUT2D eigenvalue weighted by Gasteiger charge is 2.22. The number of hydrogen-bond acceptors (Lipinski definition) is 4. The van der Waals surface area contributed by atoms with Gasteiger partial charge in [-0.1, -0.05) is 54.9 Å². The number of fused-ring (bicyclic) bond motifs is 1. The zero-order valence-electron chi connectivity index (χ0n) is 14.8. The van der Waals surface area contributed by atoms with Gasteiger partial charge in [-0.3, -0.25) is 4.72 Å². The Morgan fingerprint density at radius 2 is 1.38 bits per heavy atom. The van der Waals surface area contributed by atoms with Crippen molar-refractivity contribution in [3.8, 4) is 0 Å². The van der Waals surface area contributed by atoms with Crippen LogP contribution < -0.4 is 4.72 Å². The number of anilines is 1. The Labute approximate surface area is 181 Å². The Morgan fingerprint density at radius 1 is 0.828 bits per heavy atom. The number of nitrogens with zero attached hydrogens (tertiary/aromatic N) is 1. The molecular weight excluding hydrogens is 455 g/mol. The van der Waals surface area contributed by atoms with Crippen molar-refractivity contribution in [1.82, 2.24) is 4.31 Å². The number of rotatable bonds is 5. The van der Waals surface area contributed by atoms with Crippen LogP contribution in [0.2, 0.25) is 10.0 Å². The lowest BCUT2D eigenvalue weighted by Crippen LogP contribution is -2.22. The van der Waals surface area contributed by atoms with E-state index < -0.39 is 20.0 Å². The molecule has 29 heavy (non-hydrogen) atoms. The normalized spacial score (nSPS) is 12.0. The van der Waals surface area contributed by atoms with Crippen LogP contribution in [0.4, 0.5) is 5.69 Å². The van der Waals surface area contributed by atoms with Gasteiger partial charge in [-0.05, 0) is 30.3 Å². The lowest BCUT2D eigenvalue weighted by atomic mass is 10.1. The number of sulfonamides is 2. The SMILES string of the molecule is C.CN(C)S(=O)(=O)c1cccc2c(NS(=O)(=O)c3cc(Cl)cc(Cl)c3)cccc12. The van der Waals surface area contributed by atoms with Gasteiger partial charge in [0.1, 0.15) is 0 Å². The quantitative estimate of drug-likeness (QED) is 0.573. The van der Waals surface area contributed by atoms with Gasteiger partial charge in [-0.2, -0.15) is 0 Å². The van der Waals surface area contributed by atoms with Crippen molar-refractivity contribution in [2.75, 3.05) is 18.8 Å². The highest BCUT2D eigenvalue weighted by atomic mass is 35.5. The molecule has 3 rings (SSSR count). The van der Waals surface area contributed by atoms with Crippen LogP contribution >= 0.6 is 23.2 Å². The maximum atomic E-state index is 12.8. The van der Waals surface area contributed by atoms with Gasteiger partial charge in [0.05, 0.1) is 15.5 Å². The molecular formula is C19H20Cl2N2O4S2. The molecule has 0 fully saturated rings. The van der Waals surface area contributed by atoms with Crippen LogP contribution in [0.25, 0.3) is 10.8 Å². The average Bonchev–Trinajstić information content (AvgIpc) is 2.60. The smallest absolute Gasteiger partial charge is 0.262 e. The molecule has 10 heteroatoms. The van der Waals surface area contributed by atoms with E-state index in [9.17, 15) is 16.8 Å². The summed E-state index contributed by atoms with van der Waals surface area (Å²) in [6.07, 6.45) is 0. The molecule has 1 N–H and O–H groups in total. The van der Waals surface area contributed by atoms with E-state index in [1.54, 1.807) is 30.3 Å². The van der Waals surface area contributed by atoms with Crippen molar-refractivity contribution in [2.24, 2.45) is 0 Å². The first kappa shape index (κ1) is 23.4. The topological polar surface area (TPSA) is 83.6 Å². The first-order valence-corrected chi connectivity index (χ1v) is 11.6. The lowest BCUT2D eigenvalue weighted by molar-refractivity contribution is 0.521. The fraction of sp³-hybridized carbons (Fsp3) is 0.158. The predicted octanol–water partition coefficient (Wildman–Crippen LogP) is 4.83. The van der Waals surface area contributed by atoms with Crippen LogP contribution in [0.5, 0.6) is 0 Å². The van der Waals surface area contributed by atoms with Gasteiger partial charge in [0.15, 0.2) is 0 Å². The van der Waals surface area contributed by atoms with Crippen LogP contribution in [-0.4, -0.2) is 35.2 Å². The summed E-state index contributed by atoms with van der Waals surface area (Å²) in [5.41, 5.74) is 0.240. The second-order valence-corrected chi connectivity index (χ2v) is 10.8. The minimum atomic E-state index is -3.99. The van der Waals surface area contributed by atoms with Gasteiger partial charge in [0.25, 0.3) is 10.0 Å². The third-order valence-electron chi connectivity index (χ3n) is 4.03. The minimum absolute atomic E-state index is 0. The molecule has 0 aromatic heterocycles. The molecule has 6 nitrogen and oxygen atoms in total. The van der Waals surface area contributed by atoms with Gasteiger partial charge in [0.2, 0.25) is 10.0 Å². The van der Waals surface area contributed by atoms with E-state index in [0.717, 1.165) is 4.31 Å². The fourth-order valence-electron chi connectivity index (χ4n) is 2.68. The van der Waals surface area contributed by atoms with Gasteiger partial charge < -0.3 is 0 Å².